The monoisotopic (exact) mass is 264 g/mol. The van der Waals surface area contributed by atoms with Gasteiger partial charge in [0.1, 0.15) is 0 Å². The molecule has 1 rings (SSSR count). The third-order valence-corrected chi connectivity index (χ3v) is 2.75. The third kappa shape index (κ3) is 5.52. The number of aliphatic carboxylic acids is 1. The Bertz CT molecular complexity index is 418. The summed E-state index contributed by atoms with van der Waals surface area (Å²) in [5.74, 6) is -1.33. The number of nitrogens with two attached hydrogens (primary N) is 1. The van der Waals surface area contributed by atoms with Gasteiger partial charge in [0.25, 0.3) is 0 Å². The highest BCUT2D eigenvalue weighted by atomic mass is 16.4. The maximum atomic E-state index is 11.7. The van der Waals surface area contributed by atoms with Gasteiger partial charge < -0.3 is 16.2 Å². The first-order chi connectivity index (χ1) is 9.00. The molecule has 1 aromatic rings. The Morgan fingerprint density at radius 2 is 1.95 bits per heavy atom. The van der Waals surface area contributed by atoms with E-state index in [1.165, 1.54) is 0 Å². The average Bonchev–Trinajstić information content (AvgIpc) is 2.36. The van der Waals surface area contributed by atoms with E-state index in [9.17, 15) is 9.59 Å². The molecule has 0 aliphatic rings. The summed E-state index contributed by atoms with van der Waals surface area (Å²) >= 11 is 0. The molecule has 0 saturated carbocycles. The number of nitrogens with one attached hydrogen (secondary N) is 1. The molecular formula is C14H20N2O3. The van der Waals surface area contributed by atoms with Gasteiger partial charge in [-0.2, -0.15) is 0 Å². The van der Waals surface area contributed by atoms with E-state index in [4.69, 9.17) is 10.8 Å². The van der Waals surface area contributed by atoms with Crippen molar-refractivity contribution in [3.8, 4) is 0 Å². The summed E-state index contributed by atoms with van der Waals surface area (Å²) in [5, 5.41) is 11.7. The lowest BCUT2D eigenvalue weighted by Gasteiger charge is -2.15. The van der Waals surface area contributed by atoms with E-state index in [0.29, 0.717) is 12.0 Å². The van der Waals surface area contributed by atoms with Crippen LogP contribution < -0.4 is 11.1 Å². The molecule has 4 N–H and O–H groups in total. The maximum absolute atomic E-state index is 11.7. The van der Waals surface area contributed by atoms with Gasteiger partial charge in [-0.1, -0.05) is 30.3 Å². The molecule has 104 valence electrons. The molecule has 0 heterocycles. The SMILES string of the molecule is CC(N)CCCC(=O)N[C@@H](C(=O)O)c1ccccc1. The Morgan fingerprint density at radius 1 is 1.32 bits per heavy atom. The molecule has 0 aliphatic heterocycles. The summed E-state index contributed by atoms with van der Waals surface area (Å²) < 4.78 is 0. The fraction of sp³-hybridized carbons (Fsp3) is 0.429. The summed E-state index contributed by atoms with van der Waals surface area (Å²) in [7, 11) is 0. The second-order valence-corrected chi connectivity index (χ2v) is 4.62. The van der Waals surface area contributed by atoms with Crippen LogP contribution >= 0.6 is 0 Å². The van der Waals surface area contributed by atoms with Crippen molar-refractivity contribution >= 4 is 11.9 Å². The molecule has 1 amide bonds. The fourth-order valence-corrected chi connectivity index (χ4v) is 1.75. The van der Waals surface area contributed by atoms with Gasteiger partial charge in [-0.25, -0.2) is 4.79 Å². The number of rotatable bonds is 7. The molecule has 5 nitrogen and oxygen atoms in total. The predicted molar refractivity (Wildman–Crippen MR) is 72.5 cm³/mol. The van der Waals surface area contributed by atoms with Gasteiger partial charge in [0.15, 0.2) is 6.04 Å². The molecule has 0 aromatic heterocycles. The van der Waals surface area contributed by atoms with Gasteiger partial charge in [0, 0.05) is 12.5 Å². The van der Waals surface area contributed by atoms with Crippen LogP contribution in [0, 0.1) is 0 Å². The van der Waals surface area contributed by atoms with E-state index in [1.54, 1.807) is 30.3 Å². The van der Waals surface area contributed by atoms with E-state index in [-0.39, 0.29) is 18.4 Å². The number of carbonyl (C=O) groups is 2. The number of carboxylic acid groups (broad SMARTS) is 1. The van der Waals surface area contributed by atoms with Crippen molar-refractivity contribution in [3.05, 3.63) is 35.9 Å². The summed E-state index contributed by atoms with van der Waals surface area (Å²) in [5.41, 5.74) is 6.16. The molecule has 1 unspecified atom stereocenters. The number of carboxylic acids is 1. The van der Waals surface area contributed by atoms with E-state index in [1.807, 2.05) is 6.92 Å². The summed E-state index contributed by atoms with van der Waals surface area (Å²) in [4.78, 5) is 22.9. The Kier molecular flexibility index (Phi) is 6.02. The minimum Gasteiger partial charge on any atom is -0.479 e. The summed E-state index contributed by atoms with van der Waals surface area (Å²) in [6, 6.07) is 7.71. The average molecular weight is 264 g/mol. The molecule has 0 spiro atoms. The lowest BCUT2D eigenvalue weighted by Crippen LogP contribution is -2.33. The van der Waals surface area contributed by atoms with E-state index < -0.39 is 12.0 Å². The molecule has 5 heteroatoms. The van der Waals surface area contributed by atoms with Crippen molar-refractivity contribution in [2.75, 3.05) is 0 Å². The van der Waals surface area contributed by atoms with Crippen LogP contribution in [0.5, 0.6) is 0 Å². The lowest BCUT2D eigenvalue weighted by atomic mass is 10.1. The molecule has 0 radical (unpaired) electrons. The van der Waals surface area contributed by atoms with E-state index in [2.05, 4.69) is 5.32 Å². The lowest BCUT2D eigenvalue weighted by molar-refractivity contribution is -0.142. The van der Waals surface area contributed by atoms with Crippen LogP contribution in [0.1, 0.15) is 37.8 Å². The quantitative estimate of drug-likeness (QED) is 0.695. The standard InChI is InChI=1S/C14H20N2O3/c1-10(15)6-5-9-12(17)16-13(14(18)19)11-7-3-2-4-8-11/h2-4,7-8,10,13H,5-6,9,15H2,1H3,(H,16,17)(H,18,19)/t10?,13-/m1/s1. The highest BCUT2D eigenvalue weighted by Crippen LogP contribution is 2.13. The normalized spacial score (nSPS) is 13.6. The second kappa shape index (κ2) is 7.53. The smallest absolute Gasteiger partial charge is 0.330 e. The number of amides is 1. The van der Waals surface area contributed by atoms with Gasteiger partial charge in [0.2, 0.25) is 5.91 Å². The zero-order chi connectivity index (χ0) is 14.3. The molecule has 0 fully saturated rings. The van der Waals surface area contributed by atoms with Gasteiger partial charge in [0.05, 0.1) is 0 Å². The van der Waals surface area contributed by atoms with Gasteiger partial charge >= 0.3 is 5.97 Å². The molecular weight excluding hydrogens is 244 g/mol. The molecule has 1 aromatic carbocycles. The first-order valence-electron chi connectivity index (χ1n) is 6.33. The maximum Gasteiger partial charge on any atom is 0.330 e. The Morgan fingerprint density at radius 3 is 2.47 bits per heavy atom. The molecule has 0 aliphatic carbocycles. The Hall–Kier alpha value is -1.88. The number of carbonyl (C=O) groups excluding carboxylic acids is 1. The fourth-order valence-electron chi connectivity index (χ4n) is 1.75. The van der Waals surface area contributed by atoms with Gasteiger partial charge in [-0.05, 0) is 25.3 Å². The molecule has 2 atom stereocenters. The first-order valence-corrected chi connectivity index (χ1v) is 6.33. The van der Waals surface area contributed by atoms with Crippen molar-refractivity contribution in [2.45, 2.75) is 38.3 Å². The van der Waals surface area contributed by atoms with Crippen LogP contribution in [0.4, 0.5) is 0 Å². The summed E-state index contributed by atoms with van der Waals surface area (Å²) in [6.07, 6.45) is 1.69. The number of benzene rings is 1. The third-order valence-electron chi connectivity index (χ3n) is 2.75. The zero-order valence-electron chi connectivity index (χ0n) is 11.0. The molecule has 19 heavy (non-hydrogen) atoms. The minimum absolute atomic E-state index is 0.0530. The van der Waals surface area contributed by atoms with Crippen molar-refractivity contribution < 1.29 is 14.7 Å². The zero-order valence-corrected chi connectivity index (χ0v) is 11.0. The van der Waals surface area contributed by atoms with Crippen molar-refractivity contribution in [1.82, 2.24) is 5.32 Å². The van der Waals surface area contributed by atoms with Crippen molar-refractivity contribution in [1.29, 1.82) is 0 Å². The highest BCUT2D eigenvalue weighted by molar-refractivity contribution is 5.84. The van der Waals surface area contributed by atoms with Crippen LogP contribution in [0.2, 0.25) is 0 Å². The molecule has 0 bridgehead atoms. The highest BCUT2D eigenvalue weighted by Gasteiger charge is 2.21. The van der Waals surface area contributed by atoms with Crippen LogP contribution in [-0.4, -0.2) is 23.0 Å². The Balaban J connectivity index is 2.55. The summed E-state index contributed by atoms with van der Waals surface area (Å²) in [6.45, 7) is 1.88. The van der Waals surface area contributed by atoms with Gasteiger partial charge in [-0.3, -0.25) is 4.79 Å². The topological polar surface area (TPSA) is 92.4 Å². The van der Waals surface area contributed by atoms with E-state index >= 15 is 0 Å². The van der Waals surface area contributed by atoms with Crippen molar-refractivity contribution in [2.24, 2.45) is 5.73 Å². The van der Waals surface area contributed by atoms with Crippen LogP contribution in [0.15, 0.2) is 30.3 Å². The first kappa shape index (κ1) is 15.2. The molecule has 0 saturated heterocycles. The predicted octanol–water partition coefficient (Wildman–Crippen LogP) is 1.45. The second-order valence-electron chi connectivity index (χ2n) is 4.62. The van der Waals surface area contributed by atoms with Crippen LogP contribution in [-0.2, 0) is 9.59 Å². The largest absolute Gasteiger partial charge is 0.479 e. The number of hydrogen-bond donors (Lipinski definition) is 3. The van der Waals surface area contributed by atoms with Gasteiger partial charge in [-0.15, -0.1) is 0 Å². The Labute approximate surface area is 112 Å². The minimum atomic E-state index is -1.06. The van der Waals surface area contributed by atoms with E-state index in [0.717, 1.165) is 6.42 Å². The number of hydrogen-bond acceptors (Lipinski definition) is 3. The van der Waals surface area contributed by atoms with Crippen LogP contribution in [0.3, 0.4) is 0 Å². The van der Waals surface area contributed by atoms with Crippen LogP contribution in [0.25, 0.3) is 0 Å². The van der Waals surface area contributed by atoms with Crippen molar-refractivity contribution in [3.63, 3.8) is 0 Å².